The number of likely N-dealkylation sites (tertiary alicyclic amines) is 1. The van der Waals surface area contributed by atoms with Crippen molar-refractivity contribution in [3.63, 3.8) is 0 Å². The Bertz CT molecular complexity index is 453. The van der Waals surface area contributed by atoms with Crippen LogP contribution in [0.4, 0.5) is 10.5 Å². The van der Waals surface area contributed by atoms with E-state index in [1.165, 1.54) is 7.11 Å². The van der Waals surface area contributed by atoms with Crippen molar-refractivity contribution in [2.75, 3.05) is 39.1 Å². The lowest BCUT2D eigenvalue weighted by molar-refractivity contribution is 0.166. The van der Waals surface area contributed by atoms with Gasteiger partial charge >= 0.3 is 6.09 Å². The molecule has 110 valence electrons. The second-order valence-electron chi connectivity index (χ2n) is 4.81. The van der Waals surface area contributed by atoms with E-state index in [1.54, 1.807) is 0 Å². The van der Waals surface area contributed by atoms with Crippen LogP contribution in [-0.4, -0.2) is 50.4 Å². The SMILES string of the molecule is COC(=O)NC1CCN(CCOc2ccccc2N)C1. The van der Waals surface area contributed by atoms with Crippen LogP contribution in [0.15, 0.2) is 24.3 Å². The van der Waals surface area contributed by atoms with Gasteiger partial charge in [-0.05, 0) is 18.6 Å². The lowest BCUT2D eigenvalue weighted by Gasteiger charge is -2.17. The smallest absolute Gasteiger partial charge is 0.407 e. The molecule has 0 aliphatic carbocycles. The summed E-state index contributed by atoms with van der Waals surface area (Å²) in [6.07, 6.45) is 0.563. The molecule has 1 unspecified atom stereocenters. The number of hydrogen-bond donors (Lipinski definition) is 2. The van der Waals surface area contributed by atoms with Gasteiger partial charge < -0.3 is 20.5 Å². The zero-order valence-electron chi connectivity index (χ0n) is 11.7. The topological polar surface area (TPSA) is 76.8 Å². The average Bonchev–Trinajstić information content (AvgIpc) is 2.88. The molecule has 1 fully saturated rings. The lowest BCUT2D eigenvalue weighted by Crippen LogP contribution is -2.37. The Kier molecular flexibility index (Phi) is 5.06. The van der Waals surface area contributed by atoms with Gasteiger partial charge in [0.15, 0.2) is 0 Å². The van der Waals surface area contributed by atoms with E-state index in [0.717, 1.165) is 31.8 Å². The molecule has 0 spiro atoms. The van der Waals surface area contributed by atoms with Crippen LogP contribution in [0.25, 0.3) is 0 Å². The van der Waals surface area contributed by atoms with Crippen LogP contribution in [0.5, 0.6) is 5.75 Å². The molecule has 6 nitrogen and oxygen atoms in total. The molecule has 3 N–H and O–H groups in total. The van der Waals surface area contributed by atoms with Crippen LogP contribution in [0.1, 0.15) is 6.42 Å². The minimum absolute atomic E-state index is 0.157. The number of anilines is 1. The largest absolute Gasteiger partial charge is 0.490 e. The molecule has 1 aliphatic rings. The summed E-state index contributed by atoms with van der Waals surface area (Å²) in [5.41, 5.74) is 6.46. The summed E-state index contributed by atoms with van der Waals surface area (Å²) in [6.45, 7) is 3.16. The highest BCUT2D eigenvalue weighted by atomic mass is 16.5. The quantitative estimate of drug-likeness (QED) is 0.789. The van der Waals surface area contributed by atoms with E-state index >= 15 is 0 Å². The zero-order valence-corrected chi connectivity index (χ0v) is 11.7. The maximum Gasteiger partial charge on any atom is 0.407 e. The van der Waals surface area contributed by atoms with E-state index in [4.69, 9.17) is 10.5 Å². The molecule has 1 amide bonds. The number of alkyl carbamates (subject to hydrolysis) is 1. The minimum Gasteiger partial charge on any atom is -0.490 e. The third-order valence-electron chi connectivity index (χ3n) is 3.36. The molecular formula is C14H21N3O3. The van der Waals surface area contributed by atoms with E-state index in [9.17, 15) is 4.79 Å². The van der Waals surface area contributed by atoms with Gasteiger partial charge in [0.05, 0.1) is 12.8 Å². The number of hydrogen-bond acceptors (Lipinski definition) is 5. The third kappa shape index (κ3) is 4.03. The van der Waals surface area contributed by atoms with Gasteiger partial charge in [-0.1, -0.05) is 12.1 Å². The first kappa shape index (κ1) is 14.5. The first-order valence-electron chi connectivity index (χ1n) is 6.73. The molecule has 1 aromatic carbocycles. The molecule has 6 heteroatoms. The zero-order chi connectivity index (χ0) is 14.4. The van der Waals surface area contributed by atoms with Gasteiger partial charge in [-0.25, -0.2) is 4.79 Å². The fourth-order valence-corrected chi connectivity index (χ4v) is 2.28. The molecule has 0 radical (unpaired) electrons. The van der Waals surface area contributed by atoms with E-state index in [1.807, 2.05) is 24.3 Å². The van der Waals surface area contributed by atoms with E-state index in [2.05, 4.69) is 15.0 Å². The number of nitrogens with one attached hydrogen (secondary N) is 1. The van der Waals surface area contributed by atoms with Gasteiger partial charge in [0.25, 0.3) is 0 Å². The van der Waals surface area contributed by atoms with E-state index in [0.29, 0.717) is 12.3 Å². The molecule has 1 aliphatic heterocycles. The molecule has 20 heavy (non-hydrogen) atoms. The molecule has 1 atom stereocenters. The predicted octanol–water partition coefficient (Wildman–Crippen LogP) is 1.08. The Hall–Kier alpha value is -1.95. The molecule has 1 aromatic rings. The number of benzene rings is 1. The first-order valence-corrected chi connectivity index (χ1v) is 6.73. The van der Waals surface area contributed by atoms with Crippen LogP contribution in [0.3, 0.4) is 0 Å². The number of carbonyl (C=O) groups excluding carboxylic acids is 1. The summed E-state index contributed by atoms with van der Waals surface area (Å²) >= 11 is 0. The van der Waals surface area contributed by atoms with Crippen molar-refractivity contribution in [2.24, 2.45) is 0 Å². The summed E-state index contributed by atoms with van der Waals surface area (Å²) in [7, 11) is 1.38. The fraction of sp³-hybridized carbons (Fsp3) is 0.500. The second kappa shape index (κ2) is 7.00. The highest BCUT2D eigenvalue weighted by molar-refractivity contribution is 5.67. The van der Waals surface area contributed by atoms with E-state index < -0.39 is 0 Å². The Morgan fingerprint density at radius 2 is 2.30 bits per heavy atom. The molecule has 0 saturated carbocycles. The molecule has 1 heterocycles. The molecule has 1 saturated heterocycles. The molecule has 2 rings (SSSR count). The standard InChI is InChI=1S/C14H21N3O3/c1-19-14(18)16-11-6-7-17(10-11)8-9-20-13-5-3-2-4-12(13)15/h2-5,11H,6-10,15H2,1H3,(H,16,18). The molecule has 0 bridgehead atoms. The van der Waals surface area contributed by atoms with Crippen molar-refractivity contribution in [1.82, 2.24) is 10.2 Å². The van der Waals surface area contributed by atoms with Crippen molar-refractivity contribution in [3.8, 4) is 5.75 Å². The Balaban J connectivity index is 1.68. The van der Waals surface area contributed by atoms with Crippen LogP contribution < -0.4 is 15.8 Å². The van der Waals surface area contributed by atoms with Crippen LogP contribution in [-0.2, 0) is 4.74 Å². The van der Waals surface area contributed by atoms with Crippen LogP contribution in [0, 0.1) is 0 Å². The third-order valence-corrected chi connectivity index (χ3v) is 3.36. The number of methoxy groups -OCH3 is 1. The lowest BCUT2D eigenvalue weighted by atomic mass is 10.3. The number of nitrogens with zero attached hydrogens (tertiary/aromatic N) is 1. The van der Waals surface area contributed by atoms with E-state index in [-0.39, 0.29) is 12.1 Å². The second-order valence-corrected chi connectivity index (χ2v) is 4.81. The summed E-state index contributed by atoms with van der Waals surface area (Å²) in [5, 5.41) is 2.81. The number of nitrogen functional groups attached to an aromatic ring is 1. The molecule has 0 aromatic heterocycles. The predicted molar refractivity (Wildman–Crippen MR) is 76.7 cm³/mol. The van der Waals surface area contributed by atoms with Gasteiger partial charge in [-0.2, -0.15) is 0 Å². The Morgan fingerprint density at radius 3 is 3.05 bits per heavy atom. The minimum atomic E-state index is -0.370. The Labute approximate surface area is 118 Å². The van der Waals surface area contributed by atoms with Gasteiger partial charge in [-0.15, -0.1) is 0 Å². The van der Waals surface area contributed by atoms with Gasteiger partial charge in [0.2, 0.25) is 0 Å². The van der Waals surface area contributed by atoms with Crippen molar-refractivity contribution >= 4 is 11.8 Å². The van der Waals surface area contributed by atoms with Gasteiger partial charge in [0, 0.05) is 25.7 Å². The number of rotatable bonds is 5. The van der Waals surface area contributed by atoms with Crippen LogP contribution >= 0.6 is 0 Å². The monoisotopic (exact) mass is 279 g/mol. The average molecular weight is 279 g/mol. The molecular weight excluding hydrogens is 258 g/mol. The number of ether oxygens (including phenoxy) is 2. The number of amides is 1. The summed E-state index contributed by atoms with van der Waals surface area (Å²) in [4.78, 5) is 13.4. The number of carbonyl (C=O) groups is 1. The highest BCUT2D eigenvalue weighted by Crippen LogP contribution is 2.19. The van der Waals surface area contributed by atoms with Crippen LogP contribution in [0.2, 0.25) is 0 Å². The normalized spacial score (nSPS) is 18.8. The fourth-order valence-electron chi connectivity index (χ4n) is 2.28. The summed E-state index contributed by atoms with van der Waals surface area (Å²) in [5.74, 6) is 0.718. The van der Waals surface area contributed by atoms with Gasteiger partial charge in [-0.3, -0.25) is 4.90 Å². The number of nitrogens with two attached hydrogens (primary N) is 1. The van der Waals surface area contributed by atoms with Gasteiger partial charge in [0.1, 0.15) is 12.4 Å². The first-order chi connectivity index (χ1) is 9.69. The van der Waals surface area contributed by atoms with Crippen molar-refractivity contribution in [1.29, 1.82) is 0 Å². The summed E-state index contributed by atoms with van der Waals surface area (Å²) < 4.78 is 10.2. The highest BCUT2D eigenvalue weighted by Gasteiger charge is 2.23. The summed E-state index contributed by atoms with van der Waals surface area (Å²) in [6, 6.07) is 7.62. The Morgan fingerprint density at radius 1 is 1.50 bits per heavy atom. The maximum absolute atomic E-state index is 11.1. The van der Waals surface area contributed by atoms with Crippen molar-refractivity contribution in [2.45, 2.75) is 12.5 Å². The number of para-hydroxylation sites is 2. The van der Waals surface area contributed by atoms with Crippen molar-refractivity contribution < 1.29 is 14.3 Å². The van der Waals surface area contributed by atoms with Crippen molar-refractivity contribution in [3.05, 3.63) is 24.3 Å². The maximum atomic E-state index is 11.1.